The Morgan fingerprint density at radius 1 is 1.15 bits per heavy atom. The van der Waals surface area contributed by atoms with Gasteiger partial charge in [-0.05, 0) is 6.07 Å². The second kappa shape index (κ2) is 5.09. The number of non-ortho nitro benzene ring substituents is 1. The summed E-state index contributed by atoms with van der Waals surface area (Å²) >= 11 is 0. The molecular weight excluding hydrogens is 270 g/mol. The van der Waals surface area contributed by atoms with Gasteiger partial charge in [-0.1, -0.05) is 0 Å². The Labute approximate surface area is 110 Å². The quantitative estimate of drug-likeness (QED) is 0.612. The molecule has 3 N–H and O–H groups in total. The minimum Gasteiger partial charge on any atom is -0.368 e. The molecule has 0 saturated carbocycles. The predicted molar refractivity (Wildman–Crippen MR) is 67.3 cm³/mol. The van der Waals surface area contributed by atoms with Gasteiger partial charge in [-0.25, -0.2) is 9.97 Å². The highest BCUT2D eigenvalue weighted by atomic mass is 16.6. The average molecular weight is 277 g/mol. The van der Waals surface area contributed by atoms with Gasteiger partial charge in [-0.2, -0.15) is 4.98 Å². The third-order valence-electron chi connectivity index (χ3n) is 2.23. The van der Waals surface area contributed by atoms with Gasteiger partial charge in [0.2, 0.25) is 11.9 Å². The van der Waals surface area contributed by atoms with Crippen LogP contribution in [0.3, 0.4) is 0 Å². The molecule has 0 saturated heterocycles. The van der Waals surface area contributed by atoms with Crippen LogP contribution in [-0.4, -0.2) is 24.8 Å². The largest absolute Gasteiger partial charge is 0.368 e. The zero-order valence-electron chi connectivity index (χ0n) is 9.76. The highest BCUT2D eigenvalue weighted by Gasteiger charge is 2.20. The Bertz CT molecular complexity index is 690. The van der Waals surface area contributed by atoms with Crippen LogP contribution in [0.25, 0.3) is 0 Å². The number of rotatable bonds is 4. The van der Waals surface area contributed by atoms with E-state index in [-0.39, 0.29) is 17.6 Å². The summed E-state index contributed by atoms with van der Waals surface area (Å²) in [7, 11) is 0. The van der Waals surface area contributed by atoms with Crippen molar-refractivity contribution in [3.8, 4) is 0 Å². The van der Waals surface area contributed by atoms with Crippen molar-refractivity contribution in [2.45, 2.75) is 0 Å². The van der Waals surface area contributed by atoms with E-state index in [1.165, 1.54) is 6.07 Å². The Morgan fingerprint density at radius 2 is 1.90 bits per heavy atom. The zero-order valence-corrected chi connectivity index (χ0v) is 9.76. The van der Waals surface area contributed by atoms with Gasteiger partial charge < -0.3 is 11.1 Å². The lowest BCUT2D eigenvalue weighted by Gasteiger charge is -2.05. The van der Waals surface area contributed by atoms with Crippen molar-refractivity contribution in [2.75, 3.05) is 11.1 Å². The number of hydrogen-bond donors (Lipinski definition) is 2. The normalized spacial score (nSPS) is 10.0. The first kappa shape index (κ1) is 13.1. The minimum atomic E-state index is -0.750. The molecule has 0 spiro atoms. The van der Waals surface area contributed by atoms with Gasteiger partial charge in [0.25, 0.3) is 11.4 Å². The summed E-state index contributed by atoms with van der Waals surface area (Å²) < 4.78 is 0. The van der Waals surface area contributed by atoms with Crippen molar-refractivity contribution in [1.29, 1.82) is 0 Å². The SMILES string of the molecule is Nc1ncnc(Nc2ccc([N+](=O)[O-])cc2[N+](=O)[O-])n1. The van der Waals surface area contributed by atoms with E-state index in [2.05, 4.69) is 20.3 Å². The van der Waals surface area contributed by atoms with Crippen LogP contribution >= 0.6 is 0 Å². The van der Waals surface area contributed by atoms with Gasteiger partial charge in [0.15, 0.2) is 0 Å². The van der Waals surface area contributed by atoms with Gasteiger partial charge in [0.05, 0.1) is 15.9 Å². The molecule has 102 valence electrons. The third kappa shape index (κ3) is 2.72. The molecule has 0 fully saturated rings. The molecule has 0 aliphatic rings. The Morgan fingerprint density at radius 3 is 2.50 bits per heavy atom. The highest BCUT2D eigenvalue weighted by Crippen LogP contribution is 2.30. The van der Waals surface area contributed by atoms with Crippen LogP contribution in [0.5, 0.6) is 0 Å². The van der Waals surface area contributed by atoms with Gasteiger partial charge in [0.1, 0.15) is 12.0 Å². The maximum Gasteiger partial charge on any atom is 0.299 e. The van der Waals surface area contributed by atoms with Crippen LogP contribution in [0, 0.1) is 20.2 Å². The lowest BCUT2D eigenvalue weighted by molar-refractivity contribution is -0.393. The standard InChI is InChI=1S/C9H7N7O4/c10-8-11-4-12-9(14-8)13-6-2-1-5(15(17)18)3-7(6)16(19)20/h1-4H,(H3,10,11,12,13,14). The first-order valence-corrected chi connectivity index (χ1v) is 5.12. The molecule has 0 aliphatic carbocycles. The lowest BCUT2D eigenvalue weighted by atomic mass is 10.2. The maximum absolute atomic E-state index is 10.9. The van der Waals surface area contributed by atoms with E-state index in [9.17, 15) is 20.2 Å². The number of nitrogen functional groups attached to an aromatic ring is 1. The van der Waals surface area contributed by atoms with Crippen LogP contribution in [0.15, 0.2) is 24.5 Å². The molecule has 1 heterocycles. The lowest BCUT2D eigenvalue weighted by Crippen LogP contribution is -2.04. The number of nitrogens with one attached hydrogen (secondary N) is 1. The zero-order chi connectivity index (χ0) is 14.7. The number of nitrogens with two attached hydrogens (primary N) is 1. The number of nitro groups is 2. The molecular formula is C9H7N7O4. The van der Waals surface area contributed by atoms with Gasteiger partial charge >= 0.3 is 0 Å². The minimum absolute atomic E-state index is 0.00514. The van der Waals surface area contributed by atoms with Crippen LogP contribution in [-0.2, 0) is 0 Å². The van der Waals surface area contributed by atoms with Gasteiger partial charge in [-0.3, -0.25) is 20.2 Å². The number of benzene rings is 1. The van der Waals surface area contributed by atoms with E-state index in [1.807, 2.05) is 0 Å². The molecule has 11 heteroatoms. The summed E-state index contributed by atoms with van der Waals surface area (Å²) in [4.78, 5) is 31.1. The monoisotopic (exact) mass is 277 g/mol. The van der Waals surface area contributed by atoms with E-state index in [0.29, 0.717) is 0 Å². The molecule has 0 radical (unpaired) electrons. The number of nitro benzene ring substituents is 2. The van der Waals surface area contributed by atoms with E-state index >= 15 is 0 Å². The Hall–Kier alpha value is -3.37. The van der Waals surface area contributed by atoms with Crippen LogP contribution in [0.1, 0.15) is 0 Å². The Balaban J connectivity index is 2.41. The van der Waals surface area contributed by atoms with Crippen molar-refractivity contribution >= 4 is 29.0 Å². The summed E-state index contributed by atoms with van der Waals surface area (Å²) in [6.45, 7) is 0. The van der Waals surface area contributed by atoms with Crippen LogP contribution < -0.4 is 11.1 Å². The Kier molecular flexibility index (Phi) is 3.33. The van der Waals surface area contributed by atoms with E-state index < -0.39 is 21.2 Å². The molecule has 1 aromatic heterocycles. The fourth-order valence-corrected chi connectivity index (χ4v) is 1.38. The summed E-state index contributed by atoms with van der Waals surface area (Å²) in [5.74, 6) is -0.0680. The maximum atomic E-state index is 10.9. The number of anilines is 3. The number of hydrogen-bond acceptors (Lipinski definition) is 9. The van der Waals surface area contributed by atoms with Crippen LogP contribution in [0.2, 0.25) is 0 Å². The summed E-state index contributed by atoms with van der Waals surface area (Å²) in [5.41, 5.74) is 4.49. The smallest absolute Gasteiger partial charge is 0.299 e. The van der Waals surface area contributed by atoms with Crippen LogP contribution in [0.4, 0.5) is 29.0 Å². The second-order valence-corrected chi connectivity index (χ2v) is 3.51. The fraction of sp³-hybridized carbons (Fsp3) is 0. The molecule has 2 rings (SSSR count). The van der Waals surface area contributed by atoms with Crippen molar-refractivity contribution in [3.05, 3.63) is 44.8 Å². The number of aromatic nitrogens is 3. The first-order valence-electron chi connectivity index (χ1n) is 5.12. The molecule has 1 aromatic carbocycles. The predicted octanol–water partition coefficient (Wildman–Crippen LogP) is 1.01. The molecule has 0 atom stereocenters. The van der Waals surface area contributed by atoms with Gasteiger partial charge in [-0.15, -0.1) is 0 Å². The van der Waals surface area contributed by atoms with E-state index in [4.69, 9.17) is 5.73 Å². The second-order valence-electron chi connectivity index (χ2n) is 3.51. The van der Waals surface area contributed by atoms with Gasteiger partial charge in [0, 0.05) is 6.07 Å². The molecule has 2 aromatic rings. The molecule has 20 heavy (non-hydrogen) atoms. The topological polar surface area (TPSA) is 163 Å². The summed E-state index contributed by atoms with van der Waals surface area (Å²) in [6, 6.07) is 3.16. The molecule has 0 bridgehead atoms. The molecule has 0 aliphatic heterocycles. The summed E-state index contributed by atoms with van der Waals surface area (Å²) in [5, 5.41) is 24.1. The third-order valence-corrected chi connectivity index (χ3v) is 2.23. The fourth-order valence-electron chi connectivity index (χ4n) is 1.38. The van der Waals surface area contributed by atoms with Crippen molar-refractivity contribution in [1.82, 2.24) is 15.0 Å². The average Bonchev–Trinajstić information content (AvgIpc) is 2.38. The van der Waals surface area contributed by atoms with E-state index in [0.717, 1.165) is 18.5 Å². The summed E-state index contributed by atoms with van der Waals surface area (Å²) in [6.07, 6.45) is 1.13. The molecule has 0 unspecified atom stereocenters. The molecule has 11 nitrogen and oxygen atoms in total. The molecule has 0 amide bonds. The highest BCUT2D eigenvalue weighted by molar-refractivity contribution is 5.69. The van der Waals surface area contributed by atoms with E-state index in [1.54, 1.807) is 0 Å². The number of nitrogens with zero attached hydrogens (tertiary/aromatic N) is 5. The van der Waals surface area contributed by atoms with Crippen molar-refractivity contribution in [2.24, 2.45) is 0 Å². The van der Waals surface area contributed by atoms with Crippen molar-refractivity contribution in [3.63, 3.8) is 0 Å². The van der Waals surface area contributed by atoms with Crippen molar-refractivity contribution < 1.29 is 9.85 Å². The first-order chi connectivity index (χ1) is 9.47.